The van der Waals surface area contributed by atoms with E-state index in [-0.39, 0.29) is 0 Å². The number of hydrogen-bond donors (Lipinski definition) is 1. The van der Waals surface area contributed by atoms with Gasteiger partial charge in [-0.3, -0.25) is 0 Å². The first kappa shape index (κ1) is 14.8. The van der Waals surface area contributed by atoms with Crippen molar-refractivity contribution >= 4 is 23.2 Å². The van der Waals surface area contributed by atoms with Gasteiger partial charge in [0.05, 0.1) is 10.0 Å². The van der Waals surface area contributed by atoms with Crippen LogP contribution < -0.4 is 5.32 Å². The van der Waals surface area contributed by atoms with Crippen molar-refractivity contribution in [2.24, 2.45) is 5.92 Å². The van der Waals surface area contributed by atoms with Crippen LogP contribution in [0.2, 0.25) is 10.0 Å². The van der Waals surface area contributed by atoms with Gasteiger partial charge in [-0.2, -0.15) is 0 Å². The molecule has 0 bridgehead atoms. The molecule has 0 aromatic heterocycles. The third-order valence-corrected chi connectivity index (χ3v) is 4.13. The van der Waals surface area contributed by atoms with E-state index in [0.717, 1.165) is 24.9 Å². The van der Waals surface area contributed by atoms with E-state index in [0.29, 0.717) is 22.0 Å². The van der Waals surface area contributed by atoms with Crippen molar-refractivity contribution in [3.63, 3.8) is 0 Å². The van der Waals surface area contributed by atoms with Gasteiger partial charge in [-0.15, -0.1) is 0 Å². The fourth-order valence-electron chi connectivity index (χ4n) is 2.15. The fourth-order valence-corrected chi connectivity index (χ4v) is 2.55. The molecule has 17 heavy (non-hydrogen) atoms. The summed E-state index contributed by atoms with van der Waals surface area (Å²) in [5.41, 5.74) is 1.15. The summed E-state index contributed by atoms with van der Waals surface area (Å²) < 4.78 is 0. The molecule has 1 aromatic carbocycles. The summed E-state index contributed by atoms with van der Waals surface area (Å²) >= 11 is 12.3. The molecular weight excluding hydrogens is 253 g/mol. The number of benzene rings is 1. The Hall–Kier alpha value is -0.240. The number of hydrogen-bond acceptors (Lipinski definition) is 1. The minimum atomic E-state index is 0.500. The van der Waals surface area contributed by atoms with Crippen LogP contribution in [0.4, 0.5) is 0 Å². The van der Waals surface area contributed by atoms with Gasteiger partial charge in [0, 0.05) is 6.04 Å². The van der Waals surface area contributed by atoms with Crippen LogP contribution in [0.1, 0.15) is 32.8 Å². The van der Waals surface area contributed by atoms with E-state index in [4.69, 9.17) is 23.2 Å². The molecular formula is C14H21Cl2N. The lowest BCUT2D eigenvalue weighted by atomic mass is 9.91. The predicted octanol–water partition coefficient (Wildman–Crippen LogP) is 4.56. The number of halogens is 2. The van der Waals surface area contributed by atoms with Gasteiger partial charge in [0.15, 0.2) is 0 Å². The zero-order valence-electron chi connectivity index (χ0n) is 10.8. The Morgan fingerprint density at radius 2 is 1.94 bits per heavy atom. The third kappa shape index (κ3) is 4.17. The summed E-state index contributed by atoms with van der Waals surface area (Å²) in [6.07, 6.45) is 2.11. The highest BCUT2D eigenvalue weighted by molar-refractivity contribution is 6.42. The van der Waals surface area contributed by atoms with Crippen molar-refractivity contribution in [2.75, 3.05) is 6.54 Å². The van der Waals surface area contributed by atoms with E-state index in [9.17, 15) is 0 Å². The maximum absolute atomic E-state index is 6.22. The summed E-state index contributed by atoms with van der Waals surface area (Å²) in [7, 11) is 0. The van der Waals surface area contributed by atoms with E-state index >= 15 is 0 Å². The smallest absolute Gasteiger partial charge is 0.0624 e. The molecule has 96 valence electrons. The van der Waals surface area contributed by atoms with Gasteiger partial charge in [-0.25, -0.2) is 0 Å². The second-order valence-electron chi connectivity index (χ2n) is 4.43. The molecule has 0 radical (unpaired) electrons. The van der Waals surface area contributed by atoms with Gasteiger partial charge < -0.3 is 5.32 Å². The monoisotopic (exact) mass is 273 g/mol. The molecule has 1 rings (SSSR count). The molecule has 1 N–H and O–H groups in total. The van der Waals surface area contributed by atoms with Gasteiger partial charge in [-0.05, 0) is 37.4 Å². The van der Waals surface area contributed by atoms with Crippen molar-refractivity contribution < 1.29 is 0 Å². The van der Waals surface area contributed by atoms with Crippen LogP contribution in [-0.2, 0) is 6.42 Å². The predicted molar refractivity (Wildman–Crippen MR) is 77.1 cm³/mol. The van der Waals surface area contributed by atoms with Gasteiger partial charge in [0.1, 0.15) is 0 Å². The van der Waals surface area contributed by atoms with E-state index in [1.54, 1.807) is 0 Å². The van der Waals surface area contributed by atoms with Crippen LogP contribution in [0.15, 0.2) is 18.2 Å². The SMILES string of the molecule is CCNC(C)C(CC)Cc1cccc(Cl)c1Cl. The molecule has 2 atom stereocenters. The average molecular weight is 274 g/mol. The second-order valence-corrected chi connectivity index (χ2v) is 5.22. The van der Waals surface area contributed by atoms with E-state index in [1.807, 2.05) is 12.1 Å². The molecule has 1 aromatic rings. The molecule has 0 saturated heterocycles. The first-order valence-corrected chi connectivity index (χ1v) is 7.02. The van der Waals surface area contributed by atoms with Gasteiger partial charge in [0.2, 0.25) is 0 Å². The average Bonchev–Trinajstić information content (AvgIpc) is 2.31. The Balaban J connectivity index is 2.77. The Morgan fingerprint density at radius 1 is 1.24 bits per heavy atom. The number of rotatable bonds is 6. The maximum Gasteiger partial charge on any atom is 0.0624 e. The number of nitrogens with one attached hydrogen (secondary N) is 1. The van der Waals surface area contributed by atoms with Crippen LogP contribution in [0.25, 0.3) is 0 Å². The molecule has 0 amide bonds. The fraction of sp³-hybridized carbons (Fsp3) is 0.571. The highest BCUT2D eigenvalue weighted by atomic mass is 35.5. The molecule has 0 aliphatic carbocycles. The van der Waals surface area contributed by atoms with Gasteiger partial charge >= 0.3 is 0 Å². The van der Waals surface area contributed by atoms with Crippen LogP contribution in [-0.4, -0.2) is 12.6 Å². The third-order valence-electron chi connectivity index (χ3n) is 3.27. The van der Waals surface area contributed by atoms with E-state index < -0.39 is 0 Å². The lowest BCUT2D eigenvalue weighted by molar-refractivity contribution is 0.368. The normalized spacial score (nSPS) is 14.6. The molecule has 0 aliphatic heterocycles. The standard InChI is InChI=1S/C14H21Cl2N/c1-4-11(10(3)17-5-2)9-12-7-6-8-13(15)14(12)16/h6-8,10-11,17H,4-5,9H2,1-3H3. The molecule has 0 saturated carbocycles. The highest BCUT2D eigenvalue weighted by Gasteiger charge is 2.17. The molecule has 0 fully saturated rings. The second kappa shape index (κ2) is 7.25. The first-order chi connectivity index (χ1) is 8.10. The van der Waals surface area contributed by atoms with Crippen LogP contribution in [0.3, 0.4) is 0 Å². The zero-order chi connectivity index (χ0) is 12.8. The van der Waals surface area contributed by atoms with Crippen molar-refractivity contribution in [3.05, 3.63) is 33.8 Å². The Kier molecular flexibility index (Phi) is 6.32. The van der Waals surface area contributed by atoms with Gasteiger partial charge in [0.25, 0.3) is 0 Å². The maximum atomic E-state index is 6.22. The van der Waals surface area contributed by atoms with Crippen molar-refractivity contribution in [3.8, 4) is 0 Å². The largest absolute Gasteiger partial charge is 0.314 e. The minimum absolute atomic E-state index is 0.500. The summed E-state index contributed by atoms with van der Waals surface area (Å²) in [5, 5.41) is 4.83. The minimum Gasteiger partial charge on any atom is -0.314 e. The van der Waals surface area contributed by atoms with Crippen LogP contribution in [0.5, 0.6) is 0 Å². The van der Waals surface area contributed by atoms with Crippen molar-refractivity contribution in [1.29, 1.82) is 0 Å². The van der Waals surface area contributed by atoms with Crippen LogP contribution >= 0.6 is 23.2 Å². The molecule has 3 heteroatoms. The summed E-state index contributed by atoms with van der Waals surface area (Å²) in [4.78, 5) is 0. The topological polar surface area (TPSA) is 12.0 Å². The van der Waals surface area contributed by atoms with Crippen molar-refractivity contribution in [2.45, 2.75) is 39.7 Å². The molecule has 0 spiro atoms. The molecule has 1 nitrogen and oxygen atoms in total. The zero-order valence-corrected chi connectivity index (χ0v) is 12.3. The molecule has 0 heterocycles. The van der Waals surface area contributed by atoms with Gasteiger partial charge in [-0.1, -0.05) is 55.6 Å². The molecule has 0 aliphatic rings. The highest BCUT2D eigenvalue weighted by Crippen LogP contribution is 2.28. The Morgan fingerprint density at radius 3 is 2.53 bits per heavy atom. The van der Waals surface area contributed by atoms with Crippen molar-refractivity contribution in [1.82, 2.24) is 5.32 Å². The lowest BCUT2D eigenvalue weighted by Gasteiger charge is -2.24. The Bertz CT molecular complexity index is 352. The van der Waals surface area contributed by atoms with Crippen LogP contribution in [0, 0.1) is 5.92 Å². The lowest BCUT2D eigenvalue weighted by Crippen LogP contribution is -2.34. The van der Waals surface area contributed by atoms with E-state index in [1.165, 1.54) is 0 Å². The first-order valence-electron chi connectivity index (χ1n) is 6.26. The Labute approximate surface area is 115 Å². The van der Waals surface area contributed by atoms with E-state index in [2.05, 4.69) is 32.2 Å². The summed E-state index contributed by atoms with van der Waals surface area (Å²) in [5.74, 6) is 0.589. The summed E-state index contributed by atoms with van der Waals surface area (Å²) in [6.45, 7) is 7.59. The summed E-state index contributed by atoms with van der Waals surface area (Å²) in [6, 6.07) is 6.37. The molecule has 2 unspecified atom stereocenters. The quantitative estimate of drug-likeness (QED) is 0.801.